The normalized spacial score (nSPS) is 14.2. The molecule has 4 nitrogen and oxygen atoms in total. The van der Waals surface area contributed by atoms with E-state index in [2.05, 4.69) is 24.4 Å². The number of hydrogen-bond donors (Lipinski definition) is 1. The minimum Gasteiger partial charge on any atom is -0.454 e. The third kappa shape index (κ3) is 7.34. The molecule has 1 aliphatic rings. The first-order chi connectivity index (χ1) is 12.7. The van der Waals surface area contributed by atoms with Crippen molar-refractivity contribution in [3.05, 3.63) is 42.0 Å². The molecule has 1 atom stereocenters. The van der Waals surface area contributed by atoms with Gasteiger partial charge < -0.3 is 14.8 Å². The summed E-state index contributed by atoms with van der Waals surface area (Å²) in [5, 5.41) is 2.93. The first-order valence-corrected chi connectivity index (χ1v) is 9.72. The van der Waals surface area contributed by atoms with Crippen LogP contribution in [0.1, 0.15) is 64.4 Å². The van der Waals surface area contributed by atoms with E-state index >= 15 is 0 Å². The Morgan fingerprint density at radius 2 is 1.85 bits per heavy atom. The third-order valence-corrected chi connectivity index (χ3v) is 4.47. The second-order valence-electron chi connectivity index (χ2n) is 6.73. The Morgan fingerprint density at radius 3 is 2.62 bits per heavy atom. The zero-order valence-electron chi connectivity index (χ0n) is 16.0. The third-order valence-electron chi connectivity index (χ3n) is 4.47. The lowest BCUT2D eigenvalue weighted by Crippen LogP contribution is -2.30. The lowest BCUT2D eigenvalue weighted by molar-refractivity contribution is -0.117. The van der Waals surface area contributed by atoms with E-state index < -0.39 is 0 Å². The summed E-state index contributed by atoms with van der Waals surface area (Å²) in [4.78, 5) is 11.6. The van der Waals surface area contributed by atoms with Crippen LogP contribution in [0, 0.1) is 0 Å². The van der Waals surface area contributed by atoms with Crippen molar-refractivity contribution in [2.75, 3.05) is 6.79 Å². The summed E-state index contributed by atoms with van der Waals surface area (Å²) < 4.78 is 10.7. The molecule has 0 aromatic heterocycles. The summed E-state index contributed by atoms with van der Waals surface area (Å²) in [6.45, 7) is 4.41. The number of nitrogens with one attached hydrogen (secondary N) is 1. The van der Waals surface area contributed by atoms with Crippen molar-refractivity contribution < 1.29 is 14.3 Å². The molecule has 1 aromatic rings. The van der Waals surface area contributed by atoms with Crippen LogP contribution >= 0.6 is 0 Å². The van der Waals surface area contributed by atoms with Gasteiger partial charge in [0.1, 0.15) is 0 Å². The van der Waals surface area contributed by atoms with Crippen molar-refractivity contribution in [3.63, 3.8) is 0 Å². The first kappa shape index (κ1) is 20.1. The molecular weight excluding hydrogens is 326 g/mol. The first-order valence-electron chi connectivity index (χ1n) is 9.72. The summed E-state index contributed by atoms with van der Waals surface area (Å²) in [7, 11) is 0. The second-order valence-corrected chi connectivity index (χ2v) is 6.73. The van der Waals surface area contributed by atoms with Gasteiger partial charge in [-0.25, -0.2) is 0 Å². The highest BCUT2D eigenvalue weighted by molar-refractivity contribution is 5.87. The molecular formula is C22H31NO3. The Bertz CT molecular complexity index is 622. The van der Waals surface area contributed by atoms with Gasteiger partial charge in [0.05, 0.1) is 0 Å². The van der Waals surface area contributed by atoms with Crippen molar-refractivity contribution in [1.29, 1.82) is 0 Å². The van der Waals surface area contributed by atoms with Gasteiger partial charge in [-0.3, -0.25) is 4.79 Å². The molecule has 0 saturated heterocycles. The van der Waals surface area contributed by atoms with Gasteiger partial charge in [0.2, 0.25) is 12.7 Å². The lowest BCUT2D eigenvalue weighted by Gasteiger charge is -2.08. The van der Waals surface area contributed by atoms with Crippen LogP contribution in [0.15, 0.2) is 36.4 Å². The van der Waals surface area contributed by atoms with Crippen molar-refractivity contribution >= 4 is 12.0 Å². The molecule has 0 saturated carbocycles. The molecule has 0 fully saturated rings. The molecule has 142 valence electrons. The minimum atomic E-state index is 0.0213. The largest absolute Gasteiger partial charge is 0.454 e. The predicted molar refractivity (Wildman–Crippen MR) is 106 cm³/mol. The Balaban J connectivity index is 1.50. The van der Waals surface area contributed by atoms with Crippen LogP contribution < -0.4 is 14.8 Å². The molecule has 1 unspecified atom stereocenters. The molecule has 1 aliphatic heterocycles. The fraction of sp³-hybridized carbons (Fsp3) is 0.500. The molecule has 0 spiro atoms. The van der Waals surface area contributed by atoms with E-state index in [-0.39, 0.29) is 11.9 Å². The summed E-state index contributed by atoms with van der Waals surface area (Å²) in [5.41, 5.74) is 1.15. The fourth-order valence-electron chi connectivity index (χ4n) is 2.70. The summed E-state index contributed by atoms with van der Waals surface area (Å²) in [6.07, 6.45) is 15.8. The van der Waals surface area contributed by atoms with E-state index in [1.807, 2.05) is 31.2 Å². The Morgan fingerprint density at radius 1 is 1.12 bits per heavy atom. The van der Waals surface area contributed by atoms with Gasteiger partial charge >= 0.3 is 0 Å². The number of allylic oxidation sites excluding steroid dienone is 2. The van der Waals surface area contributed by atoms with Gasteiger partial charge in [-0.05, 0) is 62.8 Å². The molecule has 26 heavy (non-hydrogen) atoms. The number of ether oxygens (including phenoxy) is 2. The zero-order valence-corrected chi connectivity index (χ0v) is 16.0. The van der Waals surface area contributed by atoms with Crippen molar-refractivity contribution in [3.8, 4) is 11.5 Å². The standard InChI is InChI=1S/C22H31NO3/c1-3-18(2)23-22(24)13-11-9-7-5-4-6-8-10-12-19-14-15-20-21(16-19)26-17-25-20/h10-16,18H,3-9,17H2,1-2H3,(H,23,24). The Kier molecular flexibility index (Phi) is 8.81. The van der Waals surface area contributed by atoms with E-state index in [0.29, 0.717) is 6.79 Å². The molecule has 1 N–H and O–H groups in total. The van der Waals surface area contributed by atoms with E-state index in [9.17, 15) is 4.79 Å². The molecule has 1 aromatic carbocycles. The number of carbonyl (C=O) groups is 1. The predicted octanol–water partition coefficient (Wildman–Crippen LogP) is 5.24. The maximum absolute atomic E-state index is 11.6. The van der Waals surface area contributed by atoms with Gasteiger partial charge in [-0.1, -0.05) is 44.1 Å². The fourth-order valence-corrected chi connectivity index (χ4v) is 2.70. The van der Waals surface area contributed by atoms with Crippen LogP contribution in [-0.2, 0) is 4.79 Å². The van der Waals surface area contributed by atoms with Crippen molar-refractivity contribution in [2.24, 2.45) is 0 Å². The van der Waals surface area contributed by atoms with E-state index in [1.54, 1.807) is 6.08 Å². The van der Waals surface area contributed by atoms with Crippen molar-refractivity contribution in [2.45, 2.75) is 64.8 Å². The van der Waals surface area contributed by atoms with Crippen LogP contribution in [0.25, 0.3) is 6.08 Å². The van der Waals surface area contributed by atoms with Crippen LogP contribution in [0.5, 0.6) is 11.5 Å². The van der Waals surface area contributed by atoms with E-state index in [4.69, 9.17) is 9.47 Å². The Labute approximate surface area is 157 Å². The molecule has 2 rings (SSSR count). The summed E-state index contributed by atoms with van der Waals surface area (Å²) >= 11 is 0. The van der Waals surface area contributed by atoms with Crippen molar-refractivity contribution in [1.82, 2.24) is 5.32 Å². The molecule has 1 amide bonds. The Hall–Kier alpha value is -2.23. The average Bonchev–Trinajstić information content (AvgIpc) is 3.10. The highest BCUT2D eigenvalue weighted by Crippen LogP contribution is 2.32. The van der Waals surface area contributed by atoms with Crippen LogP contribution in [-0.4, -0.2) is 18.7 Å². The van der Waals surface area contributed by atoms with E-state index in [0.717, 1.165) is 42.7 Å². The SMILES string of the molecule is CCC(C)NC(=O)C=CCCCCCCC=Cc1ccc2c(c1)OCO2. The quantitative estimate of drug-likeness (QED) is 0.435. The smallest absolute Gasteiger partial charge is 0.243 e. The number of amides is 1. The average molecular weight is 357 g/mol. The number of hydrogen-bond acceptors (Lipinski definition) is 3. The number of unbranched alkanes of at least 4 members (excludes halogenated alkanes) is 5. The summed E-state index contributed by atoms with van der Waals surface area (Å²) in [5.74, 6) is 1.68. The maximum Gasteiger partial charge on any atom is 0.243 e. The second kappa shape index (κ2) is 11.4. The van der Waals surface area contributed by atoms with Gasteiger partial charge in [-0.2, -0.15) is 0 Å². The number of rotatable bonds is 11. The van der Waals surface area contributed by atoms with Gasteiger partial charge in [0.15, 0.2) is 11.5 Å². The van der Waals surface area contributed by atoms with Gasteiger partial charge in [0, 0.05) is 6.04 Å². The number of benzene rings is 1. The highest BCUT2D eigenvalue weighted by atomic mass is 16.7. The van der Waals surface area contributed by atoms with E-state index in [1.165, 1.54) is 19.3 Å². The monoisotopic (exact) mass is 357 g/mol. The molecule has 1 heterocycles. The molecule has 0 aliphatic carbocycles. The molecule has 4 heteroatoms. The highest BCUT2D eigenvalue weighted by Gasteiger charge is 2.11. The van der Waals surface area contributed by atoms with Gasteiger partial charge in [-0.15, -0.1) is 0 Å². The lowest BCUT2D eigenvalue weighted by atomic mass is 10.1. The van der Waals surface area contributed by atoms with Crippen LogP contribution in [0.3, 0.4) is 0 Å². The molecule has 0 bridgehead atoms. The number of fused-ring (bicyclic) bond motifs is 1. The van der Waals surface area contributed by atoms with Gasteiger partial charge in [0.25, 0.3) is 0 Å². The summed E-state index contributed by atoms with van der Waals surface area (Å²) in [6, 6.07) is 6.27. The molecule has 0 radical (unpaired) electrons. The zero-order chi connectivity index (χ0) is 18.6. The topological polar surface area (TPSA) is 47.6 Å². The van der Waals surface area contributed by atoms with Crippen LogP contribution in [0.2, 0.25) is 0 Å². The van der Waals surface area contributed by atoms with Crippen LogP contribution in [0.4, 0.5) is 0 Å². The minimum absolute atomic E-state index is 0.0213. The maximum atomic E-state index is 11.6. The number of carbonyl (C=O) groups excluding carboxylic acids is 1.